The minimum Gasteiger partial charge on any atom is -0.481 e. The predicted molar refractivity (Wildman–Crippen MR) is 84.6 cm³/mol. The van der Waals surface area contributed by atoms with Crippen molar-refractivity contribution < 1.29 is 14.6 Å². The number of rotatable bonds is 7. The lowest BCUT2D eigenvalue weighted by Crippen LogP contribution is -2.37. The lowest BCUT2D eigenvalue weighted by Gasteiger charge is -2.19. The van der Waals surface area contributed by atoms with Gasteiger partial charge in [0.15, 0.2) is 6.10 Å². The Hall–Kier alpha value is -1.26. The molecule has 1 aromatic rings. The van der Waals surface area contributed by atoms with Crippen LogP contribution in [0.2, 0.25) is 5.02 Å². The molecule has 0 aliphatic rings. The van der Waals surface area contributed by atoms with Crippen LogP contribution in [0.3, 0.4) is 0 Å². The number of carbonyl (C=O) groups excluding carboxylic acids is 1. The molecule has 0 saturated heterocycles. The highest BCUT2D eigenvalue weighted by Crippen LogP contribution is 2.29. The zero-order valence-electron chi connectivity index (χ0n) is 13.0. The quantitative estimate of drug-likeness (QED) is 0.812. The van der Waals surface area contributed by atoms with E-state index in [1.165, 1.54) is 0 Å². The average Bonchev–Trinajstić information content (AvgIpc) is 2.39. The fourth-order valence-corrected chi connectivity index (χ4v) is 2.01. The molecule has 1 amide bonds. The van der Waals surface area contributed by atoms with Crippen LogP contribution in [0.15, 0.2) is 18.2 Å². The summed E-state index contributed by atoms with van der Waals surface area (Å²) in [5.41, 5.74) is 0.573. The summed E-state index contributed by atoms with van der Waals surface area (Å²) in [6, 6.07) is 4.99. The van der Waals surface area contributed by atoms with Gasteiger partial charge in [-0.1, -0.05) is 25.4 Å². The molecule has 4 nitrogen and oxygen atoms in total. The van der Waals surface area contributed by atoms with E-state index in [-0.39, 0.29) is 5.91 Å². The van der Waals surface area contributed by atoms with Gasteiger partial charge in [-0.3, -0.25) is 4.79 Å². The van der Waals surface area contributed by atoms with E-state index >= 15 is 0 Å². The second-order valence-corrected chi connectivity index (χ2v) is 6.03. The van der Waals surface area contributed by atoms with Crippen LogP contribution >= 0.6 is 11.6 Å². The van der Waals surface area contributed by atoms with E-state index in [9.17, 15) is 9.90 Å². The summed E-state index contributed by atoms with van der Waals surface area (Å²) in [7, 11) is 0. The highest BCUT2D eigenvalue weighted by Gasteiger charge is 2.18. The average molecular weight is 314 g/mol. The van der Waals surface area contributed by atoms with Crippen molar-refractivity contribution in [3.8, 4) is 5.75 Å². The number of aliphatic hydroxyl groups is 1. The summed E-state index contributed by atoms with van der Waals surface area (Å²) in [6.45, 7) is 8.16. The summed E-state index contributed by atoms with van der Waals surface area (Å²) >= 11 is 5.91. The summed E-state index contributed by atoms with van der Waals surface area (Å²) in [5.74, 6) is 0.850. The molecule has 0 aliphatic heterocycles. The molecule has 0 aliphatic carbocycles. The first-order chi connectivity index (χ1) is 9.81. The standard InChI is InChI=1S/C16H24ClNO3/c1-10(2)7-8-18-16(20)12(4)21-15-6-5-13(17)9-14(15)11(3)19/h5-6,9-12,19H,7-8H2,1-4H3,(H,18,20)/t11-,12?/m0/s1. The summed E-state index contributed by atoms with van der Waals surface area (Å²) < 4.78 is 5.65. The smallest absolute Gasteiger partial charge is 0.260 e. The minimum absolute atomic E-state index is 0.165. The van der Waals surface area contributed by atoms with Crippen molar-refractivity contribution in [2.75, 3.05) is 6.54 Å². The molecule has 5 heteroatoms. The Morgan fingerprint density at radius 2 is 2.00 bits per heavy atom. The molecule has 21 heavy (non-hydrogen) atoms. The van der Waals surface area contributed by atoms with Crippen molar-refractivity contribution in [3.05, 3.63) is 28.8 Å². The first-order valence-electron chi connectivity index (χ1n) is 7.23. The lowest BCUT2D eigenvalue weighted by atomic mass is 10.1. The Bertz CT molecular complexity index is 475. The lowest BCUT2D eigenvalue weighted by molar-refractivity contribution is -0.127. The van der Waals surface area contributed by atoms with Crippen LogP contribution in [0.25, 0.3) is 0 Å². The molecule has 0 radical (unpaired) electrons. The van der Waals surface area contributed by atoms with Crippen LogP contribution in [0.4, 0.5) is 0 Å². The van der Waals surface area contributed by atoms with Crippen molar-refractivity contribution in [1.82, 2.24) is 5.32 Å². The maximum Gasteiger partial charge on any atom is 0.260 e. The van der Waals surface area contributed by atoms with E-state index in [1.54, 1.807) is 32.0 Å². The first-order valence-corrected chi connectivity index (χ1v) is 7.61. The molecule has 1 unspecified atom stereocenters. The Kier molecular flexibility index (Phi) is 6.99. The highest BCUT2D eigenvalue weighted by molar-refractivity contribution is 6.30. The van der Waals surface area contributed by atoms with Gasteiger partial charge in [0.2, 0.25) is 0 Å². The molecule has 0 aromatic heterocycles. The molecule has 0 fully saturated rings. The van der Waals surface area contributed by atoms with Crippen molar-refractivity contribution in [1.29, 1.82) is 0 Å². The molecule has 0 bridgehead atoms. The van der Waals surface area contributed by atoms with E-state index in [2.05, 4.69) is 19.2 Å². The number of hydrogen-bond acceptors (Lipinski definition) is 3. The number of amides is 1. The van der Waals surface area contributed by atoms with E-state index in [0.717, 1.165) is 6.42 Å². The van der Waals surface area contributed by atoms with Crippen LogP contribution in [0.1, 0.15) is 45.8 Å². The Labute approximate surface area is 131 Å². The fourth-order valence-electron chi connectivity index (χ4n) is 1.82. The van der Waals surface area contributed by atoms with Gasteiger partial charge in [0, 0.05) is 17.1 Å². The Balaban J connectivity index is 2.65. The van der Waals surface area contributed by atoms with Gasteiger partial charge in [0.05, 0.1) is 6.10 Å². The molecular weight excluding hydrogens is 290 g/mol. The van der Waals surface area contributed by atoms with Gasteiger partial charge in [0.1, 0.15) is 5.75 Å². The molecule has 1 rings (SSSR count). The van der Waals surface area contributed by atoms with Crippen molar-refractivity contribution >= 4 is 17.5 Å². The van der Waals surface area contributed by atoms with E-state index in [4.69, 9.17) is 16.3 Å². The number of nitrogens with one attached hydrogen (secondary N) is 1. The molecule has 2 atom stereocenters. The maximum atomic E-state index is 12.0. The van der Waals surface area contributed by atoms with Crippen LogP contribution in [0, 0.1) is 5.92 Å². The van der Waals surface area contributed by atoms with E-state index in [0.29, 0.717) is 28.8 Å². The SMILES string of the molecule is CC(C)CCNC(=O)C(C)Oc1ccc(Cl)cc1[C@H](C)O. The zero-order chi connectivity index (χ0) is 16.0. The third-order valence-electron chi connectivity index (χ3n) is 3.12. The predicted octanol–water partition coefficient (Wildman–Crippen LogP) is 3.32. The van der Waals surface area contributed by atoms with Crippen LogP contribution in [-0.4, -0.2) is 23.7 Å². The number of aliphatic hydroxyl groups excluding tert-OH is 1. The highest BCUT2D eigenvalue weighted by atomic mass is 35.5. The first kappa shape index (κ1) is 17.8. The molecule has 0 heterocycles. The maximum absolute atomic E-state index is 12.0. The van der Waals surface area contributed by atoms with Gasteiger partial charge in [-0.25, -0.2) is 0 Å². The monoisotopic (exact) mass is 313 g/mol. The third kappa shape index (κ3) is 5.94. The molecule has 0 saturated carbocycles. The van der Waals surface area contributed by atoms with E-state index < -0.39 is 12.2 Å². The number of halogens is 1. The molecule has 0 spiro atoms. The fraction of sp³-hybridized carbons (Fsp3) is 0.562. The van der Waals surface area contributed by atoms with Gasteiger partial charge >= 0.3 is 0 Å². The number of benzene rings is 1. The summed E-state index contributed by atoms with van der Waals surface area (Å²) in [6.07, 6.45) is -0.413. The van der Waals surface area contributed by atoms with Crippen molar-refractivity contribution in [3.63, 3.8) is 0 Å². The molecular formula is C16H24ClNO3. The largest absolute Gasteiger partial charge is 0.481 e. The van der Waals surface area contributed by atoms with Gasteiger partial charge in [0.25, 0.3) is 5.91 Å². The minimum atomic E-state index is -0.713. The van der Waals surface area contributed by atoms with Crippen LogP contribution < -0.4 is 10.1 Å². The normalized spacial score (nSPS) is 13.9. The van der Waals surface area contributed by atoms with Gasteiger partial charge in [-0.05, 0) is 44.4 Å². The summed E-state index contributed by atoms with van der Waals surface area (Å²) in [4.78, 5) is 12.0. The second kappa shape index (κ2) is 8.25. The number of hydrogen-bond donors (Lipinski definition) is 2. The Morgan fingerprint density at radius 3 is 2.57 bits per heavy atom. The van der Waals surface area contributed by atoms with Gasteiger partial charge in [-0.2, -0.15) is 0 Å². The van der Waals surface area contributed by atoms with Crippen LogP contribution in [-0.2, 0) is 4.79 Å². The topological polar surface area (TPSA) is 58.6 Å². The summed E-state index contributed by atoms with van der Waals surface area (Å²) in [5, 5.41) is 13.1. The third-order valence-corrected chi connectivity index (χ3v) is 3.35. The van der Waals surface area contributed by atoms with Gasteiger partial charge < -0.3 is 15.2 Å². The molecule has 1 aromatic carbocycles. The molecule has 118 valence electrons. The Morgan fingerprint density at radius 1 is 1.33 bits per heavy atom. The number of carbonyl (C=O) groups is 1. The van der Waals surface area contributed by atoms with Crippen molar-refractivity contribution in [2.24, 2.45) is 5.92 Å². The molecule has 2 N–H and O–H groups in total. The zero-order valence-corrected chi connectivity index (χ0v) is 13.8. The second-order valence-electron chi connectivity index (χ2n) is 5.59. The van der Waals surface area contributed by atoms with Crippen LogP contribution in [0.5, 0.6) is 5.75 Å². The van der Waals surface area contributed by atoms with E-state index in [1.807, 2.05) is 0 Å². The van der Waals surface area contributed by atoms with Gasteiger partial charge in [-0.15, -0.1) is 0 Å². The van der Waals surface area contributed by atoms with Crippen molar-refractivity contribution in [2.45, 2.75) is 46.3 Å². The number of ether oxygens (including phenoxy) is 1.